The zero-order valence-corrected chi connectivity index (χ0v) is 19.0. The summed E-state index contributed by atoms with van der Waals surface area (Å²) in [4.78, 5) is 5.95. The van der Waals surface area contributed by atoms with E-state index in [2.05, 4.69) is 50.2 Å². The number of thiocarbonyl (C=S) groups is 2. The van der Waals surface area contributed by atoms with E-state index < -0.39 is 0 Å². The fourth-order valence-corrected chi connectivity index (χ4v) is 3.79. The van der Waals surface area contributed by atoms with E-state index in [1.807, 2.05) is 41.7 Å². The van der Waals surface area contributed by atoms with E-state index in [1.54, 1.807) is 0 Å². The summed E-state index contributed by atoms with van der Waals surface area (Å²) in [6.45, 7) is 12.7. The molecule has 1 aromatic heterocycles. The van der Waals surface area contributed by atoms with Crippen molar-refractivity contribution >= 4 is 57.9 Å². The summed E-state index contributed by atoms with van der Waals surface area (Å²) >= 11 is 14.7. The molecule has 3 nitrogen and oxygen atoms in total. The Kier molecular flexibility index (Phi) is 12.7. The van der Waals surface area contributed by atoms with Crippen LogP contribution < -0.4 is 10.6 Å². The van der Waals surface area contributed by atoms with Gasteiger partial charge in [0, 0.05) is 29.3 Å². The molecule has 0 bridgehead atoms. The van der Waals surface area contributed by atoms with Gasteiger partial charge in [-0.15, -0.1) is 0 Å². The third-order valence-corrected chi connectivity index (χ3v) is 6.06. The minimum absolute atomic E-state index is 0. The maximum atomic E-state index is 5.46. The number of rotatable bonds is 9. The molecule has 0 fully saturated rings. The van der Waals surface area contributed by atoms with Gasteiger partial charge < -0.3 is 10.6 Å². The van der Waals surface area contributed by atoms with Crippen LogP contribution in [0, 0.1) is 0 Å². The molecule has 0 atom stereocenters. The predicted octanol–water partition coefficient (Wildman–Crippen LogP) is 4.92. The van der Waals surface area contributed by atoms with Crippen molar-refractivity contribution in [2.45, 2.75) is 52.0 Å². The lowest BCUT2D eigenvalue weighted by molar-refractivity contribution is 0.800. The molecule has 7 heteroatoms. The van der Waals surface area contributed by atoms with E-state index in [9.17, 15) is 0 Å². The molecule has 0 aromatic carbocycles. The number of nitrogens with zero attached hydrogens (tertiary/aromatic N) is 1. The van der Waals surface area contributed by atoms with Crippen LogP contribution in [-0.4, -0.2) is 49.6 Å². The molecule has 0 radical (unpaired) electrons. The number of hydrogen-bond acceptors (Lipinski definition) is 5. The highest BCUT2D eigenvalue weighted by Gasteiger charge is 2.11. The third-order valence-electron chi connectivity index (χ3n) is 2.98. The molecule has 1 heterocycles. The SMILES string of the molecule is C.CC(C)SCCNC(=S)c1cccc(C(=S)NCCSC(C)(C)C)n1. The minimum atomic E-state index is 0. The van der Waals surface area contributed by atoms with Crippen molar-refractivity contribution in [3.63, 3.8) is 0 Å². The van der Waals surface area contributed by atoms with E-state index in [0.717, 1.165) is 36.0 Å². The molecule has 26 heavy (non-hydrogen) atoms. The van der Waals surface area contributed by atoms with Crippen LogP contribution in [0.1, 0.15) is 53.4 Å². The first-order valence-corrected chi connectivity index (χ1v) is 11.3. The van der Waals surface area contributed by atoms with E-state index in [4.69, 9.17) is 24.4 Å². The van der Waals surface area contributed by atoms with Gasteiger partial charge in [0.2, 0.25) is 0 Å². The molecule has 1 aromatic rings. The molecule has 0 aliphatic rings. The Morgan fingerprint density at radius 3 is 2.00 bits per heavy atom. The molecule has 0 aliphatic carbocycles. The Balaban J connectivity index is 0.00000625. The average molecular weight is 432 g/mol. The van der Waals surface area contributed by atoms with Crippen molar-refractivity contribution < 1.29 is 0 Å². The Morgan fingerprint density at radius 2 is 1.54 bits per heavy atom. The van der Waals surface area contributed by atoms with Gasteiger partial charge in [0.05, 0.1) is 11.4 Å². The molecule has 0 spiro atoms. The maximum absolute atomic E-state index is 5.46. The summed E-state index contributed by atoms with van der Waals surface area (Å²) in [5.74, 6) is 2.04. The van der Waals surface area contributed by atoms with Crippen LogP contribution in [0.15, 0.2) is 18.2 Å². The lowest BCUT2D eigenvalue weighted by atomic mass is 10.3. The van der Waals surface area contributed by atoms with Gasteiger partial charge in [-0.2, -0.15) is 23.5 Å². The van der Waals surface area contributed by atoms with Crippen LogP contribution in [0.25, 0.3) is 0 Å². The van der Waals surface area contributed by atoms with E-state index in [-0.39, 0.29) is 12.2 Å². The first-order valence-electron chi connectivity index (χ1n) is 8.48. The summed E-state index contributed by atoms with van der Waals surface area (Å²) in [6, 6.07) is 5.80. The molecule has 0 amide bonds. The van der Waals surface area contributed by atoms with Crippen molar-refractivity contribution in [3.05, 3.63) is 29.6 Å². The fraction of sp³-hybridized carbons (Fsp3) is 0.632. The van der Waals surface area contributed by atoms with Crippen molar-refractivity contribution in [3.8, 4) is 0 Å². The zero-order valence-electron chi connectivity index (χ0n) is 15.7. The van der Waals surface area contributed by atoms with Crippen LogP contribution in [0.2, 0.25) is 0 Å². The number of pyridine rings is 1. The lowest BCUT2D eigenvalue weighted by Crippen LogP contribution is -2.29. The van der Waals surface area contributed by atoms with E-state index in [0.29, 0.717) is 15.2 Å². The van der Waals surface area contributed by atoms with Gasteiger partial charge in [-0.3, -0.25) is 0 Å². The second-order valence-corrected chi connectivity index (χ2v) is 11.2. The fourth-order valence-electron chi connectivity index (χ4n) is 1.85. The third kappa shape index (κ3) is 11.4. The van der Waals surface area contributed by atoms with E-state index >= 15 is 0 Å². The Labute approximate surface area is 179 Å². The van der Waals surface area contributed by atoms with E-state index in [1.165, 1.54) is 0 Å². The van der Waals surface area contributed by atoms with Gasteiger partial charge in [-0.05, 0) is 17.4 Å². The summed E-state index contributed by atoms with van der Waals surface area (Å²) in [7, 11) is 0. The van der Waals surface area contributed by atoms with Crippen LogP contribution in [-0.2, 0) is 0 Å². The first-order chi connectivity index (χ1) is 11.7. The monoisotopic (exact) mass is 431 g/mol. The zero-order chi connectivity index (χ0) is 18.9. The Morgan fingerprint density at radius 1 is 1.04 bits per heavy atom. The molecular weight excluding hydrogens is 398 g/mol. The molecule has 0 aliphatic heterocycles. The maximum Gasteiger partial charge on any atom is 0.125 e. The van der Waals surface area contributed by atoms with Gasteiger partial charge >= 0.3 is 0 Å². The molecule has 1 rings (SSSR count). The van der Waals surface area contributed by atoms with Gasteiger partial charge in [0.15, 0.2) is 0 Å². The van der Waals surface area contributed by atoms with Crippen molar-refractivity contribution in [2.24, 2.45) is 0 Å². The highest BCUT2D eigenvalue weighted by molar-refractivity contribution is 8.00. The lowest BCUT2D eigenvalue weighted by Gasteiger charge is -2.17. The first kappa shape index (κ1) is 25.6. The Bertz CT molecular complexity index is 568. The van der Waals surface area contributed by atoms with Crippen LogP contribution in [0.4, 0.5) is 0 Å². The minimum Gasteiger partial charge on any atom is -0.374 e. The summed E-state index contributed by atoms with van der Waals surface area (Å²) < 4.78 is 0.271. The quantitative estimate of drug-likeness (QED) is 0.424. The van der Waals surface area contributed by atoms with Gasteiger partial charge in [-0.25, -0.2) is 4.98 Å². The summed E-state index contributed by atoms with van der Waals surface area (Å²) in [5.41, 5.74) is 1.55. The molecular formula is C19H33N3S4. The van der Waals surface area contributed by atoms with Crippen LogP contribution in [0.3, 0.4) is 0 Å². The second kappa shape index (κ2) is 12.9. The van der Waals surface area contributed by atoms with Crippen LogP contribution in [0.5, 0.6) is 0 Å². The number of nitrogens with one attached hydrogen (secondary N) is 2. The smallest absolute Gasteiger partial charge is 0.125 e. The average Bonchev–Trinajstić information content (AvgIpc) is 2.54. The second-order valence-electron chi connectivity index (χ2n) is 6.80. The molecule has 2 N–H and O–H groups in total. The Hall–Kier alpha value is -0.370. The predicted molar refractivity (Wildman–Crippen MR) is 130 cm³/mol. The topological polar surface area (TPSA) is 37.0 Å². The summed E-state index contributed by atoms with van der Waals surface area (Å²) in [5, 5.41) is 7.19. The highest BCUT2D eigenvalue weighted by atomic mass is 32.2. The van der Waals surface area contributed by atoms with Gasteiger partial charge in [0.1, 0.15) is 9.98 Å². The summed E-state index contributed by atoms with van der Waals surface area (Å²) in [6.07, 6.45) is 0. The molecule has 0 saturated carbocycles. The van der Waals surface area contributed by atoms with Crippen molar-refractivity contribution in [1.29, 1.82) is 0 Å². The molecule has 0 unspecified atom stereocenters. The van der Waals surface area contributed by atoms with Crippen LogP contribution >= 0.6 is 48.0 Å². The van der Waals surface area contributed by atoms with Gasteiger partial charge in [-0.1, -0.05) is 72.5 Å². The number of thioether (sulfide) groups is 2. The van der Waals surface area contributed by atoms with Crippen molar-refractivity contribution in [2.75, 3.05) is 24.6 Å². The normalized spacial score (nSPS) is 11.0. The van der Waals surface area contributed by atoms with Gasteiger partial charge in [0.25, 0.3) is 0 Å². The number of hydrogen-bond donors (Lipinski definition) is 2. The largest absolute Gasteiger partial charge is 0.374 e. The molecule has 148 valence electrons. The highest BCUT2D eigenvalue weighted by Crippen LogP contribution is 2.22. The van der Waals surface area contributed by atoms with Crippen molar-refractivity contribution in [1.82, 2.24) is 15.6 Å². The number of aromatic nitrogens is 1. The standard InChI is InChI=1S/C18H29N3S4.CH4/c1-13(2)24-11-9-19-16(22)14-7-6-8-15(21-14)17(23)20-10-12-25-18(3,4)5;/h6-8,13H,9-12H2,1-5H3,(H,19,22)(H,20,23);1H4. The molecule has 0 saturated heterocycles.